The van der Waals surface area contributed by atoms with Gasteiger partial charge in [0.1, 0.15) is 0 Å². The lowest BCUT2D eigenvalue weighted by molar-refractivity contribution is 0.197. The molecule has 24 heavy (non-hydrogen) atoms. The lowest BCUT2D eigenvalue weighted by Gasteiger charge is -2.12. The molecule has 0 aliphatic carbocycles. The number of rotatable bonds is 9. The second-order valence-electron chi connectivity index (χ2n) is 5.60. The maximum atomic E-state index is 5.05. The second kappa shape index (κ2) is 12.7. The first-order chi connectivity index (χ1) is 11.3. The van der Waals surface area contributed by atoms with Crippen molar-refractivity contribution in [3.05, 3.63) is 11.1 Å². The third-order valence-corrected chi connectivity index (χ3v) is 4.66. The van der Waals surface area contributed by atoms with Crippen LogP contribution in [0.15, 0.2) is 10.4 Å². The van der Waals surface area contributed by atoms with Crippen molar-refractivity contribution in [3.63, 3.8) is 0 Å². The van der Waals surface area contributed by atoms with Gasteiger partial charge < -0.3 is 20.3 Å². The van der Waals surface area contributed by atoms with Crippen LogP contribution in [0, 0.1) is 0 Å². The van der Waals surface area contributed by atoms with Crippen LogP contribution < -0.4 is 15.5 Å². The third kappa shape index (κ3) is 7.52. The zero-order chi connectivity index (χ0) is 16.3. The SMILES string of the molecule is CCNC(=NCCCOC)NCCc1csc(N2CCCC2)n1.I. The van der Waals surface area contributed by atoms with Gasteiger partial charge in [0.15, 0.2) is 11.1 Å². The zero-order valence-corrected chi connectivity index (χ0v) is 17.9. The minimum atomic E-state index is 0. The molecule has 0 bridgehead atoms. The molecular weight excluding hydrogens is 437 g/mol. The van der Waals surface area contributed by atoms with Crippen LogP contribution in [-0.2, 0) is 11.2 Å². The molecule has 0 spiro atoms. The minimum Gasteiger partial charge on any atom is -0.385 e. The second-order valence-corrected chi connectivity index (χ2v) is 6.44. The van der Waals surface area contributed by atoms with E-state index in [1.54, 1.807) is 18.4 Å². The Morgan fingerprint density at radius 2 is 2.17 bits per heavy atom. The van der Waals surface area contributed by atoms with Crippen LogP contribution in [0.4, 0.5) is 5.13 Å². The number of ether oxygens (including phenoxy) is 1. The van der Waals surface area contributed by atoms with Crippen molar-refractivity contribution in [1.29, 1.82) is 0 Å². The van der Waals surface area contributed by atoms with Crippen LogP contribution in [0.3, 0.4) is 0 Å². The number of halogens is 1. The van der Waals surface area contributed by atoms with Gasteiger partial charge in [0.05, 0.1) is 5.69 Å². The molecule has 0 atom stereocenters. The van der Waals surface area contributed by atoms with E-state index in [1.165, 1.54) is 23.7 Å². The molecule has 0 saturated carbocycles. The summed E-state index contributed by atoms with van der Waals surface area (Å²) in [4.78, 5) is 11.7. The summed E-state index contributed by atoms with van der Waals surface area (Å²) in [6, 6.07) is 0. The van der Waals surface area contributed by atoms with Gasteiger partial charge in [-0.3, -0.25) is 4.99 Å². The Kier molecular flexibility index (Phi) is 11.4. The first kappa shape index (κ1) is 21.4. The maximum Gasteiger partial charge on any atom is 0.191 e. The summed E-state index contributed by atoms with van der Waals surface area (Å²) < 4.78 is 5.05. The minimum absolute atomic E-state index is 0. The van der Waals surface area contributed by atoms with E-state index in [9.17, 15) is 0 Å². The number of nitrogens with zero attached hydrogens (tertiary/aromatic N) is 3. The van der Waals surface area contributed by atoms with Crippen molar-refractivity contribution in [2.75, 3.05) is 51.3 Å². The Labute approximate surface area is 166 Å². The fraction of sp³-hybridized carbons (Fsp3) is 0.750. The molecule has 6 nitrogen and oxygen atoms in total. The van der Waals surface area contributed by atoms with E-state index in [0.29, 0.717) is 0 Å². The molecule has 1 aromatic rings. The molecule has 0 aromatic carbocycles. The normalized spacial score (nSPS) is 14.6. The highest BCUT2D eigenvalue weighted by molar-refractivity contribution is 14.0. The summed E-state index contributed by atoms with van der Waals surface area (Å²) in [7, 11) is 1.72. The van der Waals surface area contributed by atoms with Gasteiger partial charge in [-0.25, -0.2) is 4.98 Å². The first-order valence-electron chi connectivity index (χ1n) is 8.54. The monoisotopic (exact) mass is 467 g/mol. The number of aliphatic imine (C=N–C) groups is 1. The van der Waals surface area contributed by atoms with Crippen molar-refractivity contribution >= 4 is 46.4 Å². The van der Waals surface area contributed by atoms with E-state index in [4.69, 9.17) is 9.72 Å². The van der Waals surface area contributed by atoms with Crippen molar-refractivity contribution < 1.29 is 4.74 Å². The highest BCUT2D eigenvalue weighted by Crippen LogP contribution is 2.24. The quantitative estimate of drug-likeness (QED) is 0.253. The summed E-state index contributed by atoms with van der Waals surface area (Å²) in [5.41, 5.74) is 1.17. The third-order valence-electron chi connectivity index (χ3n) is 3.71. The van der Waals surface area contributed by atoms with Crippen molar-refractivity contribution in [2.45, 2.75) is 32.6 Å². The average Bonchev–Trinajstić information content (AvgIpc) is 3.22. The van der Waals surface area contributed by atoms with Gasteiger partial charge >= 0.3 is 0 Å². The van der Waals surface area contributed by atoms with E-state index in [2.05, 4.69) is 32.8 Å². The number of nitrogens with one attached hydrogen (secondary N) is 2. The number of guanidine groups is 1. The molecule has 2 rings (SSSR count). The lowest BCUT2D eigenvalue weighted by atomic mass is 10.3. The molecular formula is C16H30IN5OS. The van der Waals surface area contributed by atoms with Gasteiger partial charge in [0.2, 0.25) is 0 Å². The van der Waals surface area contributed by atoms with Crippen LogP contribution in [0.25, 0.3) is 0 Å². The Balaban J connectivity index is 0.00000288. The molecule has 138 valence electrons. The number of hydrogen-bond donors (Lipinski definition) is 2. The van der Waals surface area contributed by atoms with Gasteiger partial charge in [0.25, 0.3) is 0 Å². The zero-order valence-electron chi connectivity index (χ0n) is 14.7. The number of hydrogen-bond acceptors (Lipinski definition) is 5. The van der Waals surface area contributed by atoms with E-state index in [0.717, 1.165) is 58.1 Å². The van der Waals surface area contributed by atoms with Gasteiger partial charge in [-0.2, -0.15) is 0 Å². The van der Waals surface area contributed by atoms with E-state index in [1.807, 2.05) is 0 Å². The number of anilines is 1. The van der Waals surface area contributed by atoms with Crippen LogP contribution in [0.5, 0.6) is 0 Å². The molecule has 1 aromatic heterocycles. The topological polar surface area (TPSA) is 61.8 Å². The van der Waals surface area contributed by atoms with Crippen LogP contribution in [-0.4, -0.2) is 57.4 Å². The summed E-state index contributed by atoms with van der Waals surface area (Å²) in [5, 5.41) is 10.00. The van der Waals surface area contributed by atoms with Gasteiger partial charge in [-0.15, -0.1) is 35.3 Å². The van der Waals surface area contributed by atoms with Crippen LogP contribution >= 0.6 is 35.3 Å². The summed E-state index contributed by atoms with van der Waals surface area (Å²) in [6.45, 7) is 7.63. The van der Waals surface area contributed by atoms with Gasteiger partial charge in [-0.05, 0) is 26.2 Å². The molecule has 1 fully saturated rings. The number of thiazole rings is 1. The summed E-state index contributed by atoms with van der Waals surface area (Å²) in [5.74, 6) is 0.874. The Hall–Kier alpha value is -0.610. The molecule has 1 saturated heterocycles. The highest BCUT2D eigenvalue weighted by atomic mass is 127. The summed E-state index contributed by atoms with van der Waals surface area (Å²) in [6.07, 6.45) is 4.45. The predicted octanol–water partition coefficient (Wildman–Crippen LogP) is 2.50. The molecule has 0 radical (unpaired) electrons. The largest absolute Gasteiger partial charge is 0.385 e. The van der Waals surface area contributed by atoms with Crippen molar-refractivity contribution in [3.8, 4) is 0 Å². The van der Waals surface area contributed by atoms with E-state index >= 15 is 0 Å². The van der Waals surface area contributed by atoms with Crippen molar-refractivity contribution in [1.82, 2.24) is 15.6 Å². The van der Waals surface area contributed by atoms with E-state index in [-0.39, 0.29) is 24.0 Å². The fourth-order valence-electron chi connectivity index (χ4n) is 2.52. The number of aromatic nitrogens is 1. The highest BCUT2D eigenvalue weighted by Gasteiger charge is 2.15. The predicted molar refractivity (Wildman–Crippen MR) is 113 cm³/mol. The molecule has 0 amide bonds. The smallest absolute Gasteiger partial charge is 0.191 e. The van der Waals surface area contributed by atoms with Crippen LogP contribution in [0.1, 0.15) is 31.9 Å². The molecule has 1 aliphatic heterocycles. The molecule has 0 unspecified atom stereocenters. The molecule has 2 heterocycles. The molecule has 2 N–H and O–H groups in total. The first-order valence-corrected chi connectivity index (χ1v) is 9.42. The lowest BCUT2D eigenvalue weighted by Crippen LogP contribution is -2.38. The molecule has 1 aliphatic rings. The molecule has 8 heteroatoms. The number of methoxy groups -OCH3 is 1. The summed E-state index contributed by atoms with van der Waals surface area (Å²) >= 11 is 1.76. The standard InChI is InChI=1S/C16H29N5OS.HI/c1-3-17-15(18-8-6-12-22-2)19-9-7-14-13-23-16(20-14)21-10-4-5-11-21;/h13H,3-12H2,1-2H3,(H2,17,18,19);1H. The Morgan fingerprint density at radius 1 is 1.38 bits per heavy atom. The van der Waals surface area contributed by atoms with Gasteiger partial charge in [0, 0.05) is 58.2 Å². The average molecular weight is 467 g/mol. The fourth-order valence-corrected chi connectivity index (χ4v) is 3.43. The Morgan fingerprint density at radius 3 is 2.88 bits per heavy atom. The van der Waals surface area contributed by atoms with Crippen LogP contribution in [0.2, 0.25) is 0 Å². The Bertz CT molecular complexity index is 477. The van der Waals surface area contributed by atoms with Crippen molar-refractivity contribution in [2.24, 2.45) is 4.99 Å². The van der Waals surface area contributed by atoms with E-state index < -0.39 is 0 Å². The maximum absolute atomic E-state index is 5.05. The van der Waals surface area contributed by atoms with Gasteiger partial charge in [-0.1, -0.05) is 0 Å².